The van der Waals surface area contributed by atoms with Crippen LogP contribution in [0.2, 0.25) is 0 Å². The molecule has 174 valence electrons. The van der Waals surface area contributed by atoms with Crippen LogP contribution in [0.25, 0.3) is 5.78 Å². The van der Waals surface area contributed by atoms with Crippen molar-refractivity contribution in [2.24, 2.45) is 0 Å². The summed E-state index contributed by atoms with van der Waals surface area (Å²) in [6.07, 6.45) is 5.84. The van der Waals surface area contributed by atoms with Crippen molar-refractivity contribution in [2.75, 3.05) is 51.4 Å². The number of carbonyl (C=O) groups excluding carboxylic acids is 1. The molecule has 9 heteroatoms. The molecule has 2 fully saturated rings. The number of esters is 1. The van der Waals surface area contributed by atoms with Crippen molar-refractivity contribution in [1.29, 1.82) is 0 Å². The van der Waals surface area contributed by atoms with Gasteiger partial charge in [-0.2, -0.15) is 0 Å². The zero-order valence-corrected chi connectivity index (χ0v) is 18.7. The van der Waals surface area contributed by atoms with Gasteiger partial charge in [0, 0.05) is 25.7 Å². The lowest BCUT2D eigenvalue weighted by atomic mass is 9.85. The van der Waals surface area contributed by atoms with Gasteiger partial charge in [0.15, 0.2) is 5.69 Å². The number of ether oxygens (including phenoxy) is 2. The highest BCUT2D eigenvalue weighted by Crippen LogP contribution is 2.32. The van der Waals surface area contributed by atoms with Gasteiger partial charge in [0.05, 0.1) is 37.9 Å². The molecule has 4 heterocycles. The van der Waals surface area contributed by atoms with Gasteiger partial charge in [-0.25, -0.2) is 19.2 Å². The van der Waals surface area contributed by atoms with Gasteiger partial charge in [0.25, 0.3) is 0 Å². The zero-order valence-electron chi connectivity index (χ0n) is 18.7. The minimum atomic E-state index is -0.525. The number of imidazole rings is 1. The SMILES string of the molecule is COC(=O)c1nc2ncc(N3CCOCC3)cn2c1Cc1cccc(F)c1C1CCNCC1. The summed E-state index contributed by atoms with van der Waals surface area (Å²) in [7, 11) is 1.34. The molecule has 2 aliphatic rings. The van der Waals surface area contributed by atoms with Crippen LogP contribution in [0, 0.1) is 5.82 Å². The van der Waals surface area contributed by atoms with E-state index in [1.54, 1.807) is 12.3 Å². The summed E-state index contributed by atoms with van der Waals surface area (Å²) < 4.78 is 27.4. The van der Waals surface area contributed by atoms with Gasteiger partial charge in [0.2, 0.25) is 5.78 Å². The number of fused-ring (bicyclic) bond motifs is 1. The van der Waals surface area contributed by atoms with Crippen LogP contribution in [0.3, 0.4) is 0 Å². The number of benzene rings is 1. The van der Waals surface area contributed by atoms with Crippen LogP contribution in [0.1, 0.15) is 46.1 Å². The van der Waals surface area contributed by atoms with Crippen molar-refractivity contribution in [2.45, 2.75) is 25.2 Å². The third-order valence-corrected chi connectivity index (χ3v) is 6.57. The average Bonchev–Trinajstić information content (AvgIpc) is 3.22. The lowest BCUT2D eigenvalue weighted by molar-refractivity contribution is 0.0593. The predicted molar refractivity (Wildman–Crippen MR) is 121 cm³/mol. The Morgan fingerprint density at radius 1 is 1.27 bits per heavy atom. The Morgan fingerprint density at radius 3 is 2.82 bits per heavy atom. The Hall–Kier alpha value is -3.04. The Balaban J connectivity index is 1.59. The second kappa shape index (κ2) is 9.44. The lowest BCUT2D eigenvalue weighted by Crippen LogP contribution is -2.36. The fourth-order valence-corrected chi connectivity index (χ4v) is 4.87. The molecule has 0 spiro atoms. The maximum absolute atomic E-state index is 15.0. The molecule has 0 saturated carbocycles. The summed E-state index contributed by atoms with van der Waals surface area (Å²) in [4.78, 5) is 23.8. The molecule has 33 heavy (non-hydrogen) atoms. The summed E-state index contributed by atoms with van der Waals surface area (Å²) in [5.74, 6) is -0.157. The summed E-state index contributed by atoms with van der Waals surface area (Å²) in [5, 5.41) is 3.34. The van der Waals surface area contributed by atoms with Gasteiger partial charge in [-0.3, -0.25) is 4.40 Å². The van der Waals surface area contributed by atoms with E-state index in [0.29, 0.717) is 31.1 Å². The van der Waals surface area contributed by atoms with Crippen molar-refractivity contribution >= 4 is 17.4 Å². The van der Waals surface area contributed by atoms with Gasteiger partial charge >= 0.3 is 5.97 Å². The van der Waals surface area contributed by atoms with E-state index in [2.05, 4.69) is 20.2 Å². The molecule has 2 aromatic heterocycles. The van der Waals surface area contributed by atoms with Crippen molar-refractivity contribution in [3.63, 3.8) is 0 Å². The Morgan fingerprint density at radius 2 is 2.06 bits per heavy atom. The molecule has 3 aromatic rings. The number of carbonyl (C=O) groups is 1. The molecule has 0 bridgehead atoms. The molecule has 0 amide bonds. The minimum absolute atomic E-state index is 0.144. The van der Waals surface area contributed by atoms with Gasteiger partial charge in [-0.1, -0.05) is 12.1 Å². The number of nitrogens with one attached hydrogen (secondary N) is 1. The van der Waals surface area contributed by atoms with E-state index in [1.807, 2.05) is 16.7 Å². The predicted octanol–water partition coefficient (Wildman–Crippen LogP) is 2.55. The molecule has 5 rings (SSSR count). The standard InChI is InChI=1S/C24H28FN5O3/c1-32-23(31)22-20(13-17-3-2-4-19(25)21(17)16-5-7-26-8-6-16)30-15-18(14-27-24(30)28-22)29-9-11-33-12-10-29/h2-4,14-16,26H,5-13H2,1H3. The summed E-state index contributed by atoms with van der Waals surface area (Å²) in [6.45, 7) is 4.59. The first-order valence-electron chi connectivity index (χ1n) is 11.4. The van der Waals surface area contributed by atoms with Crippen molar-refractivity contribution < 1.29 is 18.7 Å². The van der Waals surface area contributed by atoms with Gasteiger partial charge < -0.3 is 19.7 Å². The zero-order chi connectivity index (χ0) is 22.8. The number of hydrogen-bond donors (Lipinski definition) is 1. The fourth-order valence-electron chi connectivity index (χ4n) is 4.87. The number of anilines is 1. The van der Waals surface area contributed by atoms with Crippen LogP contribution in [0.5, 0.6) is 0 Å². The van der Waals surface area contributed by atoms with E-state index < -0.39 is 5.97 Å². The van der Waals surface area contributed by atoms with E-state index >= 15 is 4.39 Å². The van der Waals surface area contributed by atoms with Crippen LogP contribution < -0.4 is 10.2 Å². The number of halogens is 1. The normalized spacial score (nSPS) is 17.5. The molecular formula is C24H28FN5O3. The second-order valence-corrected chi connectivity index (χ2v) is 8.49. The number of piperidine rings is 1. The smallest absolute Gasteiger partial charge is 0.358 e. The second-order valence-electron chi connectivity index (χ2n) is 8.49. The van der Waals surface area contributed by atoms with Crippen LogP contribution in [0.15, 0.2) is 30.6 Å². The summed E-state index contributed by atoms with van der Waals surface area (Å²) in [5.41, 5.74) is 3.40. The lowest BCUT2D eigenvalue weighted by Gasteiger charge is -2.28. The molecule has 8 nitrogen and oxygen atoms in total. The molecule has 0 unspecified atom stereocenters. The maximum atomic E-state index is 15.0. The topological polar surface area (TPSA) is 81.0 Å². The van der Waals surface area contributed by atoms with Gasteiger partial charge in [-0.05, 0) is 49.0 Å². The molecular weight excluding hydrogens is 425 g/mol. The number of aromatic nitrogens is 3. The summed E-state index contributed by atoms with van der Waals surface area (Å²) >= 11 is 0. The third-order valence-electron chi connectivity index (χ3n) is 6.57. The highest BCUT2D eigenvalue weighted by Gasteiger charge is 2.26. The van der Waals surface area contributed by atoms with Crippen LogP contribution in [-0.2, 0) is 15.9 Å². The molecule has 1 N–H and O–H groups in total. The first kappa shape index (κ1) is 21.8. The van der Waals surface area contributed by atoms with Crippen LogP contribution >= 0.6 is 0 Å². The largest absolute Gasteiger partial charge is 0.464 e. The fraction of sp³-hybridized carbons (Fsp3) is 0.458. The monoisotopic (exact) mass is 453 g/mol. The van der Waals surface area contributed by atoms with Crippen molar-refractivity contribution in [1.82, 2.24) is 19.7 Å². The van der Waals surface area contributed by atoms with Gasteiger partial charge in [0.1, 0.15) is 5.82 Å². The Kier molecular flexibility index (Phi) is 6.24. The van der Waals surface area contributed by atoms with E-state index in [4.69, 9.17) is 9.47 Å². The van der Waals surface area contributed by atoms with Crippen molar-refractivity contribution in [3.8, 4) is 0 Å². The van der Waals surface area contributed by atoms with Crippen LogP contribution in [-0.4, -0.2) is 66.8 Å². The molecule has 2 aliphatic heterocycles. The number of nitrogens with zero attached hydrogens (tertiary/aromatic N) is 4. The molecule has 0 radical (unpaired) electrons. The first-order valence-corrected chi connectivity index (χ1v) is 11.4. The first-order chi connectivity index (χ1) is 16.2. The molecule has 0 atom stereocenters. The quantitative estimate of drug-likeness (QED) is 0.595. The van der Waals surface area contributed by atoms with Gasteiger partial charge in [-0.15, -0.1) is 0 Å². The number of hydrogen-bond acceptors (Lipinski definition) is 7. The van der Waals surface area contributed by atoms with Crippen LogP contribution in [0.4, 0.5) is 10.1 Å². The number of methoxy groups -OCH3 is 1. The Labute approximate surface area is 191 Å². The van der Waals surface area contributed by atoms with E-state index in [9.17, 15) is 4.79 Å². The molecule has 1 aromatic carbocycles. The Bertz CT molecular complexity index is 1150. The number of rotatable bonds is 5. The van der Waals surface area contributed by atoms with E-state index in [-0.39, 0.29) is 17.4 Å². The summed E-state index contributed by atoms with van der Waals surface area (Å²) in [6, 6.07) is 5.20. The highest BCUT2D eigenvalue weighted by atomic mass is 19.1. The average molecular weight is 454 g/mol. The third kappa shape index (κ3) is 4.30. The highest BCUT2D eigenvalue weighted by molar-refractivity contribution is 5.89. The molecule has 0 aliphatic carbocycles. The maximum Gasteiger partial charge on any atom is 0.358 e. The van der Waals surface area contributed by atoms with E-state index in [0.717, 1.165) is 55.8 Å². The number of morpholine rings is 1. The van der Waals surface area contributed by atoms with Crippen molar-refractivity contribution in [3.05, 3.63) is 58.9 Å². The van der Waals surface area contributed by atoms with E-state index in [1.165, 1.54) is 13.2 Å². The minimum Gasteiger partial charge on any atom is -0.464 e. The molecule has 2 saturated heterocycles.